The predicted molar refractivity (Wildman–Crippen MR) is 45.2 cm³/mol. The summed E-state index contributed by atoms with van der Waals surface area (Å²) in [4.78, 5) is 22.3. The Morgan fingerprint density at radius 2 is 1.87 bits per heavy atom. The Morgan fingerprint density at radius 3 is 2.13 bits per heavy atom. The van der Waals surface area contributed by atoms with E-state index in [-0.39, 0.29) is 0 Å². The SMILES string of the molecule is CC(C)N(CC(F)(F)F)C(=O)C(=O)NN. The van der Waals surface area contributed by atoms with Gasteiger partial charge >= 0.3 is 18.0 Å². The maximum atomic E-state index is 12.0. The van der Waals surface area contributed by atoms with Crippen LogP contribution in [-0.4, -0.2) is 35.5 Å². The number of rotatable bonds is 2. The van der Waals surface area contributed by atoms with Crippen molar-refractivity contribution in [3.63, 3.8) is 0 Å². The van der Waals surface area contributed by atoms with Gasteiger partial charge in [0, 0.05) is 6.04 Å². The molecule has 0 bridgehead atoms. The van der Waals surface area contributed by atoms with E-state index in [9.17, 15) is 22.8 Å². The van der Waals surface area contributed by atoms with Crippen molar-refractivity contribution in [3.05, 3.63) is 0 Å². The molecule has 0 fully saturated rings. The van der Waals surface area contributed by atoms with Gasteiger partial charge in [-0.3, -0.25) is 15.0 Å². The average Bonchev–Trinajstić information content (AvgIpc) is 2.10. The van der Waals surface area contributed by atoms with E-state index >= 15 is 0 Å². The molecule has 0 saturated carbocycles. The molecule has 0 aliphatic rings. The van der Waals surface area contributed by atoms with Crippen LogP contribution in [0.15, 0.2) is 0 Å². The van der Waals surface area contributed by atoms with Crippen LogP contribution < -0.4 is 11.3 Å². The molecule has 0 rings (SSSR count). The zero-order valence-electron chi connectivity index (χ0n) is 8.26. The van der Waals surface area contributed by atoms with Gasteiger partial charge in [0.05, 0.1) is 0 Å². The summed E-state index contributed by atoms with van der Waals surface area (Å²) in [6.07, 6.45) is -4.55. The minimum atomic E-state index is -4.55. The fourth-order valence-corrected chi connectivity index (χ4v) is 0.874. The monoisotopic (exact) mass is 227 g/mol. The second-order valence-electron chi connectivity index (χ2n) is 3.12. The molecule has 0 unspecified atom stereocenters. The largest absolute Gasteiger partial charge is 0.406 e. The van der Waals surface area contributed by atoms with E-state index in [4.69, 9.17) is 0 Å². The van der Waals surface area contributed by atoms with E-state index in [1.807, 2.05) is 0 Å². The average molecular weight is 227 g/mol. The van der Waals surface area contributed by atoms with Crippen molar-refractivity contribution in [1.29, 1.82) is 0 Å². The van der Waals surface area contributed by atoms with Gasteiger partial charge in [0.25, 0.3) is 0 Å². The molecule has 15 heavy (non-hydrogen) atoms. The van der Waals surface area contributed by atoms with Crippen LogP contribution >= 0.6 is 0 Å². The maximum Gasteiger partial charge on any atom is 0.406 e. The molecule has 0 saturated heterocycles. The number of alkyl halides is 3. The molecule has 5 nitrogen and oxygen atoms in total. The minimum absolute atomic E-state index is 0.391. The lowest BCUT2D eigenvalue weighted by atomic mass is 10.3. The number of hydrazine groups is 1. The normalized spacial score (nSPS) is 11.4. The molecule has 2 amide bonds. The van der Waals surface area contributed by atoms with Crippen LogP contribution in [0.2, 0.25) is 0 Å². The highest BCUT2D eigenvalue weighted by molar-refractivity contribution is 6.34. The lowest BCUT2D eigenvalue weighted by Crippen LogP contribution is -2.51. The maximum absolute atomic E-state index is 12.0. The first-order valence-corrected chi connectivity index (χ1v) is 4.07. The second kappa shape index (κ2) is 4.96. The van der Waals surface area contributed by atoms with Crippen LogP contribution in [0.5, 0.6) is 0 Å². The predicted octanol–water partition coefficient (Wildman–Crippen LogP) is -0.224. The van der Waals surface area contributed by atoms with Crippen molar-refractivity contribution in [2.45, 2.75) is 26.1 Å². The second-order valence-corrected chi connectivity index (χ2v) is 3.12. The molecule has 0 aromatic heterocycles. The van der Waals surface area contributed by atoms with E-state index < -0.39 is 30.6 Å². The van der Waals surface area contributed by atoms with Crippen LogP contribution in [0.1, 0.15) is 13.8 Å². The first-order valence-electron chi connectivity index (χ1n) is 4.07. The summed E-state index contributed by atoms with van der Waals surface area (Å²) in [5.41, 5.74) is 1.49. The van der Waals surface area contributed by atoms with Crippen LogP contribution in [0, 0.1) is 0 Å². The fourth-order valence-electron chi connectivity index (χ4n) is 0.874. The Bertz CT molecular complexity index is 252. The molecular weight excluding hydrogens is 215 g/mol. The van der Waals surface area contributed by atoms with Crippen LogP contribution in [-0.2, 0) is 9.59 Å². The van der Waals surface area contributed by atoms with E-state index in [2.05, 4.69) is 5.84 Å². The van der Waals surface area contributed by atoms with Gasteiger partial charge in [0.1, 0.15) is 6.54 Å². The number of carbonyl (C=O) groups excluding carboxylic acids is 2. The van der Waals surface area contributed by atoms with Crippen molar-refractivity contribution in [2.75, 3.05) is 6.54 Å². The van der Waals surface area contributed by atoms with Crippen LogP contribution in [0.4, 0.5) is 13.2 Å². The first-order chi connectivity index (χ1) is 6.69. The highest BCUT2D eigenvalue weighted by Crippen LogP contribution is 2.18. The molecule has 3 N–H and O–H groups in total. The highest BCUT2D eigenvalue weighted by atomic mass is 19.4. The third kappa shape index (κ3) is 4.63. The summed E-state index contributed by atoms with van der Waals surface area (Å²) in [7, 11) is 0. The van der Waals surface area contributed by atoms with Gasteiger partial charge in [-0.05, 0) is 13.8 Å². The molecule has 8 heteroatoms. The third-order valence-electron chi connectivity index (χ3n) is 1.56. The minimum Gasteiger partial charge on any atom is -0.323 e. The quantitative estimate of drug-likeness (QED) is 0.296. The Kier molecular flexibility index (Phi) is 4.53. The highest BCUT2D eigenvalue weighted by Gasteiger charge is 2.36. The molecule has 0 aromatic carbocycles. The number of nitrogens with zero attached hydrogens (tertiary/aromatic N) is 1. The van der Waals surface area contributed by atoms with E-state index in [0.29, 0.717) is 4.90 Å². The van der Waals surface area contributed by atoms with Crippen molar-refractivity contribution < 1.29 is 22.8 Å². The van der Waals surface area contributed by atoms with Crippen LogP contribution in [0.25, 0.3) is 0 Å². The molecule has 0 aliphatic heterocycles. The zero-order chi connectivity index (χ0) is 12.2. The number of hydrogen-bond acceptors (Lipinski definition) is 3. The van der Waals surface area contributed by atoms with E-state index in [1.54, 1.807) is 0 Å². The lowest BCUT2D eigenvalue weighted by Gasteiger charge is -2.26. The summed E-state index contributed by atoms with van der Waals surface area (Å²) in [5, 5.41) is 0. The molecule has 0 heterocycles. The van der Waals surface area contributed by atoms with Crippen LogP contribution in [0.3, 0.4) is 0 Å². The number of carbonyl (C=O) groups is 2. The van der Waals surface area contributed by atoms with Crippen molar-refractivity contribution >= 4 is 11.8 Å². The number of nitrogens with two attached hydrogens (primary N) is 1. The number of hydrogen-bond donors (Lipinski definition) is 2. The third-order valence-corrected chi connectivity index (χ3v) is 1.56. The van der Waals surface area contributed by atoms with E-state index in [0.717, 1.165) is 0 Å². The molecule has 0 atom stereocenters. The first kappa shape index (κ1) is 13.7. The Hall–Kier alpha value is -1.31. The van der Waals surface area contributed by atoms with Crippen molar-refractivity contribution in [2.24, 2.45) is 5.84 Å². The molecular formula is C7H12F3N3O2. The summed E-state index contributed by atoms with van der Waals surface area (Å²) in [6.45, 7) is 1.26. The van der Waals surface area contributed by atoms with Gasteiger partial charge < -0.3 is 4.90 Å². The number of nitrogens with one attached hydrogen (secondary N) is 1. The molecule has 0 aromatic rings. The van der Waals surface area contributed by atoms with Gasteiger partial charge in [-0.15, -0.1) is 0 Å². The Balaban J connectivity index is 4.68. The molecule has 0 aliphatic carbocycles. The van der Waals surface area contributed by atoms with Crippen molar-refractivity contribution in [1.82, 2.24) is 10.3 Å². The molecule has 0 spiro atoms. The summed E-state index contributed by atoms with van der Waals surface area (Å²) in [5.74, 6) is 2.07. The fraction of sp³-hybridized carbons (Fsp3) is 0.714. The zero-order valence-corrected chi connectivity index (χ0v) is 8.26. The summed E-state index contributed by atoms with van der Waals surface area (Å²) < 4.78 is 36.1. The number of amides is 2. The smallest absolute Gasteiger partial charge is 0.323 e. The summed E-state index contributed by atoms with van der Waals surface area (Å²) in [6, 6.07) is -0.739. The Morgan fingerprint density at radius 1 is 1.40 bits per heavy atom. The standard InChI is InChI=1S/C7H12F3N3O2/c1-4(2)13(3-7(8,9)10)6(15)5(14)12-11/h4H,3,11H2,1-2H3,(H,12,14). The van der Waals surface area contributed by atoms with Gasteiger partial charge in [0.15, 0.2) is 0 Å². The molecule has 0 radical (unpaired) electrons. The number of halogens is 3. The van der Waals surface area contributed by atoms with Gasteiger partial charge in [-0.25, -0.2) is 5.84 Å². The summed E-state index contributed by atoms with van der Waals surface area (Å²) >= 11 is 0. The van der Waals surface area contributed by atoms with Crippen molar-refractivity contribution in [3.8, 4) is 0 Å². The van der Waals surface area contributed by atoms with E-state index in [1.165, 1.54) is 19.3 Å². The topological polar surface area (TPSA) is 75.4 Å². The molecule has 88 valence electrons. The van der Waals surface area contributed by atoms with Gasteiger partial charge in [-0.2, -0.15) is 13.2 Å². The van der Waals surface area contributed by atoms with Gasteiger partial charge in [0.2, 0.25) is 0 Å². The Labute approximate surface area is 84.4 Å². The lowest BCUT2D eigenvalue weighted by molar-refractivity contribution is -0.167. The van der Waals surface area contributed by atoms with Gasteiger partial charge in [-0.1, -0.05) is 0 Å².